The van der Waals surface area contributed by atoms with Crippen molar-refractivity contribution in [2.24, 2.45) is 0 Å². The Hall–Kier alpha value is -1.28. The molecule has 2 rings (SSSR count). The van der Waals surface area contributed by atoms with E-state index in [1.54, 1.807) is 0 Å². The molecule has 12 heavy (non-hydrogen) atoms. The van der Waals surface area contributed by atoms with Gasteiger partial charge in [0.2, 0.25) is 0 Å². The molecule has 0 spiro atoms. The molecule has 0 fully saturated rings. The molecular weight excluding hydrogens is 150 g/mol. The highest BCUT2D eigenvalue weighted by atomic mass is 16.7. The molecule has 1 aliphatic rings. The molecule has 1 heterocycles. The van der Waals surface area contributed by atoms with Gasteiger partial charge in [0.15, 0.2) is 0 Å². The van der Waals surface area contributed by atoms with Gasteiger partial charge in [-0.25, -0.2) is 0 Å². The number of hydrogen-bond donors (Lipinski definition) is 1. The van der Waals surface area contributed by atoms with Crippen LogP contribution in [0.5, 0.6) is 0 Å². The standard InChI is InChI=1S/C10H11NO/c1-10(7-8-11-12-10)9-5-3-2-4-6-9/h2-8,11H,1H3. The van der Waals surface area contributed by atoms with Gasteiger partial charge in [-0.15, -0.1) is 0 Å². The maximum Gasteiger partial charge on any atom is 0.138 e. The molecule has 0 bridgehead atoms. The minimum Gasteiger partial charge on any atom is -0.273 e. The molecule has 0 radical (unpaired) electrons. The maximum absolute atomic E-state index is 5.37. The van der Waals surface area contributed by atoms with Crippen molar-refractivity contribution in [3.63, 3.8) is 0 Å². The van der Waals surface area contributed by atoms with Crippen LogP contribution < -0.4 is 5.48 Å². The smallest absolute Gasteiger partial charge is 0.138 e. The van der Waals surface area contributed by atoms with Gasteiger partial charge in [-0.3, -0.25) is 10.3 Å². The van der Waals surface area contributed by atoms with Crippen molar-refractivity contribution in [1.82, 2.24) is 5.48 Å². The third kappa shape index (κ3) is 1.10. The minimum absolute atomic E-state index is 0.304. The second-order valence-corrected chi connectivity index (χ2v) is 3.03. The van der Waals surface area contributed by atoms with Crippen LogP contribution in [0.2, 0.25) is 0 Å². The predicted octanol–water partition coefficient (Wildman–Crippen LogP) is 1.95. The summed E-state index contributed by atoms with van der Waals surface area (Å²) in [5, 5.41) is 0. The molecule has 1 N–H and O–H groups in total. The average molecular weight is 161 g/mol. The summed E-state index contributed by atoms with van der Waals surface area (Å²) in [6, 6.07) is 10.1. The first-order valence-electron chi connectivity index (χ1n) is 3.98. The molecule has 0 aromatic heterocycles. The first kappa shape index (κ1) is 7.37. The molecular formula is C10H11NO. The van der Waals surface area contributed by atoms with Crippen LogP contribution in [0, 0.1) is 0 Å². The molecule has 0 amide bonds. The number of rotatable bonds is 1. The van der Waals surface area contributed by atoms with Gasteiger partial charge >= 0.3 is 0 Å². The summed E-state index contributed by atoms with van der Waals surface area (Å²) in [4.78, 5) is 5.37. The van der Waals surface area contributed by atoms with Gasteiger partial charge in [0, 0.05) is 6.20 Å². The van der Waals surface area contributed by atoms with E-state index in [1.165, 1.54) is 0 Å². The number of hydrogen-bond acceptors (Lipinski definition) is 2. The summed E-state index contributed by atoms with van der Waals surface area (Å²) >= 11 is 0. The van der Waals surface area contributed by atoms with Crippen LogP contribution in [-0.2, 0) is 10.4 Å². The van der Waals surface area contributed by atoms with E-state index in [0.717, 1.165) is 5.56 Å². The van der Waals surface area contributed by atoms with Crippen molar-refractivity contribution in [2.75, 3.05) is 0 Å². The maximum atomic E-state index is 5.37. The molecule has 1 atom stereocenters. The molecule has 0 aliphatic carbocycles. The summed E-state index contributed by atoms with van der Waals surface area (Å²) < 4.78 is 0. The molecule has 1 aliphatic heterocycles. The fourth-order valence-corrected chi connectivity index (χ4v) is 1.31. The van der Waals surface area contributed by atoms with E-state index in [2.05, 4.69) is 17.6 Å². The zero-order chi connectivity index (χ0) is 8.44. The SMILES string of the molecule is CC1(c2ccccc2)C=CNO1. The van der Waals surface area contributed by atoms with Crippen LogP contribution in [-0.4, -0.2) is 0 Å². The highest BCUT2D eigenvalue weighted by Gasteiger charge is 2.27. The second kappa shape index (κ2) is 2.64. The van der Waals surface area contributed by atoms with E-state index in [-0.39, 0.29) is 5.60 Å². The van der Waals surface area contributed by atoms with Crippen LogP contribution in [0.1, 0.15) is 12.5 Å². The van der Waals surface area contributed by atoms with E-state index in [4.69, 9.17) is 4.84 Å². The fraction of sp³-hybridized carbons (Fsp3) is 0.200. The lowest BCUT2D eigenvalue weighted by atomic mass is 9.97. The molecule has 0 saturated carbocycles. The molecule has 0 saturated heterocycles. The molecule has 1 aromatic rings. The second-order valence-electron chi connectivity index (χ2n) is 3.03. The van der Waals surface area contributed by atoms with Gasteiger partial charge < -0.3 is 0 Å². The van der Waals surface area contributed by atoms with Crippen LogP contribution >= 0.6 is 0 Å². The summed E-state index contributed by atoms with van der Waals surface area (Å²) in [5.41, 5.74) is 3.59. The van der Waals surface area contributed by atoms with Crippen LogP contribution in [0.15, 0.2) is 42.6 Å². The zero-order valence-electron chi connectivity index (χ0n) is 6.95. The summed E-state index contributed by atoms with van der Waals surface area (Å²) in [5.74, 6) is 0. The molecule has 2 nitrogen and oxygen atoms in total. The Morgan fingerprint density at radius 3 is 2.58 bits per heavy atom. The predicted molar refractivity (Wildman–Crippen MR) is 47.2 cm³/mol. The van der Waals surface area contributed by atoms with E-state index in [0.29, 0.717) is 0 Å². The third-order valence-electron chi connectivity index (χ3n) is 2.09. The zero-order valence-corrected chi connectivity index (χ0v) is 6.95. The van der Waals surface area contributed by atoms with Crippen molar-refractivity contribution in [3.05, 3.63) is 48.2 Å². The first-order valence-corrected chi connectivity index (χ1v) is 3.98. The largest absolute Gasteiger partial charge is 0.273 e. The van der Waals surface area contributed by atoms with Gasteiger partial charge in [0.1, 0.15) is 5.60 Å². The first-order chi connectivity index (χ1) is 5.81. The van der Waals surface area contributed by atoms with Gasteiger partial charge in [-0.2, -0.15) is 0 Å². The van der Waals surface area contributed by atoms with Crippen LogP contribution in [0.3, 0.4) is 0 Å². The van der Waals surface area contributed by atoms with Gasteiger partial charge in [0.05, 0.1) is 0 Å². The van der Waals surface area contributed by atoms with Crippen molar-refractivity contribution in [3.8, 4) is 0 Å². The summed E-state index contributed by atoms with van der Waals surface area (Å²) in [6.45, 7) is 2.03. The van der Waals surface area contributed by atoms with Crippen molar-refractivity contribution < 1.29 is 4.84 Å². The average Bonchev–Trinajstić information content (AvgIpc) is 2.55. The van der Waals surface area contributed by atoms with Crippen molar-refractivity contribution in [2.45, 2.75) is 12.5 Å². The number of hydroxylamine groups is 1. The van der Waals surface area contributed by atoms with Crippen molar-refractivity contribution >= 4 is 0 Å². The van der Waals surface area contributed by atoms with E-state index in [9.17, 15) is 0 Å². The molecule has 1 aromatic carbocycles. The Morgan fingerprint density at radius 1 is 1.25 bits per heavy atom. The van der Waals surface area contributed by atoms with Gasteiger partial charge in [-0.1, -0.05) is 30.3 Å². The monoisotopic (exact) mass is 161 g/mol. The fourth-order valence-electron chi connectivity index (χ4n) is 1.31. The number of benzene rings is 1. The van der Waals surface area contributed by atoms with Crippen molar-refractivity contribution in [1.29, 1.82) is 0 Å². The third-order valence-corrected chi connectivity index (χ3v) is 2.09. The van der Waals surface area contributed by atoms with Gasteiger partial charge in [-0.05, 0) is 18.6 Å². The lowest BCUT2D eigenvalue weighted by Crippen LogP contribution is -2.22. The van der Waals surface area contributed by atoms with Crippen LogP contribution in [0.4, 0.5) is 0 Å². The Morgan fingerprint density at radius 2 is 2.00 bits per heavy atom. The molecule has 62 valence electrons. The lowest BCUT2D eigenvalue weighted by molar-refractivity contribution is -0.0280. The number of nitrogens with one attached hydrogen (secondary N) is 1. The topological polar surface area (TPSA) is 21.3 Å². The van der Waals surface area contributed by atoms with Crippen LogP contribution in [0.25, 0.3) is 0 Å². The Bertz CT molecular complexity index is 294. The van der Waals surface area contributed by atoms with E-state index < -0.39 is 0 Å². The summed E-state index contributed by atoms with van der Waals surface area (Å²) in [6.07, 6.45) is 3.81. The highest BCUT2D eigenvalue weighted by Crippen LogP contribution is 2.27. The Labute approximate surface area is 71.8 Å². The quantitative estimate of drug-likeness (QED) is 0.679. The normalized spacial score (nSPS) is 27.1. The molecule has 2 heteroatoms. The highest BCUT2D eigenvalue weighted by molar-refractivity contribution is 5.27. The Kier molecular flexibility index (Phi) is 1.62. The molecule has 1 unspecified atom stereocenters. The Balaban J connectivity index is 2.36. The lowest BCUT2D eigenvalue weighted by Gasteiger charge is -2.20. The minimum atomic E-state index is -0.304. The summed E-state index contributed by atoms with van der Waals surface area (Å²) in [7, 11) is 0. The van der Waals surface area contributed by atoms with E-state index in [1.807, 2.05) is 37.4 Å². The van der Waals surface area contributed by atoms with E-state index >= 15 is 0 Å². The van der Waals surface area contributed by atoms with Gasteiger partial charge in [0.25, 0.3) is 0 Å².